The van der Waals surface area contributed by atoms with Crippen LogP contribution in [-0.4, -0.2) is 11.6 Å². The lowest BCUT2D eigenvalue weighted by atomic mass is 9.77. The Kier molecular flexibility index (Phi) is 4.40. The van der Waals surface area contributed by atoms with Crippen LogP contribution in [0.15, 0.2) is 12.2 Å². The van der Waals surface area contributed by atoms with Crippen molar-refractivity contribution in [3.63, 3.8) is 0 Å². The van der Waals surface area contributed by atoms with Gasteiger partial charge in [-0.1, -0.05) is 26.8 Å². The Balaban J connectivity index is 2.75. The molecule has 0 amide bonds. The maximum atomic E-state index is 11.7. The fourth-order valence-corrected chi connectivity index (χ4v) is 3.05. The third-order valence-corrected chi connectivity index (χ3v) is 4.02. The van der Waals surface area contributed by atoms with Crippen LogP contribution in [0.2, 0.25) is 0 Å². The van der Waals surface area contributed by atoms with Crippen LogP contribution in [-0.2, 0) is 9.53 Å². The first-order valence-electron chi connectivity index (χ1n) is 6.64. The molecule has 0 heterocycles. The van der Waals surface area contributed by atoms with Gasteiger partial charge in [0, 0.05) is 11.5 Å². The van der Waals surface area contributed by atoms with Gasteiger partial charge in [0.25, 0.3) is 0 Å². The van der Waals surface area contributed by atoms with Crippen LogP contribution in [0.3, 0.4) is 0 Å². The topological polar surface area (TPSA) is 26.3 Å². The second-order valence-electron chi connectivity index (χ2n) is 6.22. The molecule has 0 aliphatic heterocycles. The number of carbonyl (C=O) groups is 1. The lowest BCUT2D eigenvalue weighted by Crippen LogP contribution is -2.40. The highest BCUT2D eigenvalue weighted by molar-refractivity contribution is 5.87. The number of esters is 1. The van der Waals surface area contributed by atoms with Crippen molar-refractivity contribution in [2.24, 2.45) is 17.8 Å². The second-order valence-corrected chi connectivity index (χ2v) is 6.22. The standard InChI is InChI=1S/C15H26O2/c1-10(2)12-8-7-9-13(12)15(5,6)17-14(16)11(3)4/h10,12-13H,3,7-9H2,1-2,4-6H3. The van der Waals surface area contributed by atoms with E-state index in [4.69, 9.17) is 4.74 Å². The first-order chi connectivity index (χ1) is 7.75. The molecule has 1 rings (SSSR count). The molecule has 17 heavy (non-hydrogen) atoms. The Morgan fingerprint density at radius 2 is 1.94 bits per heavy atom. The summed E-state index contributed by atoms with van der Waals surface area (Å²) < 4.78 is 5.63. The molecule has 1 aliphatic rings. The van der Waals surface area contributed by atoms with E-state index in [2.05, 4.69) is 20.4 Å². The van der Waals surface area contributed by atoms with Crippen molar-refractivity contribution in [1.29, 1.82) is 0 Å². The molecule has 0 aromatic heterocycles. The maximum absolute atomic E-state index is 11.7. The molecule has 2 heteroatoms. The first-order valence-corrected chi connectivity index (χ1v) is 6.64. The van der Waals surface area contributed by atoms with Gasteiger partial charge in [0.15, 0.2) is 0 Å². The SMILES string of the molecule is C=C(C)C(=O)OC(C)(C)C1CCCC1C(C)C. The first kappa shape index (κ1) is 14.3. The van der Waals surface area contributed by atoms with Gasteiger partial charge in [0.05, 0.1) is 0 Å². The lowest BCUT2D eigenvalue weighted by Gasteiger charge is -2.37. The summed E-state index contributed by atoms with van der Waals surface area (Å²) in [5.41, 5.74) is 0.110. The van der Waals surface area contributed by atoms with E-state index in [0.717, 1.165) is 0 Å². The molecule has 0 N–H and O–H groups in total. The molecule has 0 aromatic carbocycles. The predicted molar refractivity (Wildman–Crippen MR) is 70.7 cm³/mol. The van der Waals surface area contributed by atoms with E-state index in [9.17, 15) is 4.79 Å². The number of ether oxygens (including phenoxy) is 1. The zero-order chi connectivity index (χ0) is 13.2. The minimum Gasteiger partial charge on any atom is -0.456 e. The van der Waals surface area contributed by atoms with Gasteiger partial charge in [0.1, 0.15) is 5.60 Å². The zero-order valence-electron chi connectivity index (χ0n) is 11.9. The fraction of sp³-hybridized carbons (Fsp3) is 0.800. The van der Waals surface area contributed by atoms with Crippen LogP contribution < -0.4 is 0 Å². The highest BCUT2D eigenvalue weighted by Gasteiger charge is 2.42. The molecule has 1 aliphatic carbocycles. The zero-order valence-corrected chi connectivity index (χ0v) is 11.9. The molecule has 0 radical (unpaired) electrons. The van der Waals surface area contributed by atoms with E-state index < -0.39 is 0 Å². The molecule has 0 bridgehead atoms. The van der Waals surface area contributed by atoms with Gasteiger partial charge < -0.3 is 4.74 Å². The molecule has 0 aromatic rings. The van der Waals surface area contributed by atoms with E-state index in [1.165, 1.54) is 19.3 Å². The molecule has 1 saturated carbocycles. The van der Waals surface area contributed by atoms with Crippen LogP contribution in [0, 0.1) is 17.8 Å². The monoisotopic (exact) mass is 238 g/mol. The summed E-state index contributed by atoms with van der Waals surface area (Å²) in [6, 6.07) is 0. The molecule has 0 saturated heterocycles. The Morgan fingerprint density at radius 1 is 1.35 bits per heavy atom. The summed E-state index contributed by atoms with van der Waals surface area (Å²) in [7, 11) is 0. The Hall–Kier alpha value is -0.790. The van der Waals surface area contributed by atoms with Gasteiger partial charge in [-0.05, 0) is 45.4 Å². The highest BCUT2D eigenvalue weighted by Crippen LogP contribution is 2.44. The smallest absolute Gasteiger partial charge is 0.333 e. The van der Waals surface area contributed by atoms with Crippen molar-refractivity contribution >= 4 is 5.97 Å². The van der Waals surface area contributed by atoms with E-state index in [0.29, 0.717) is 23.3 Å². The quantitative estimate of drug-likeness (QED) is 0.547. The average Bonchev–Trinajstić information content (AvgIpc) is 2.65. The third-order valence-electron chi connectivity index (χ3n) is 4.02. The molecular weight excluding hydrogens is 212 g/mol. The summed E-state index contributed by atoms with van der Waals surface area (Å²) >= 11 is 0. The average molecular weight is 238 g/mol. The second kappa shape index (κ2) is 5.24. The van der Waals surface area contributed by atoms with Gasteiger partial charge in [-0.15, -0.1) is 0 Å². The van der Waals surface area contributed by atoms with Crippen molar-refractivity contribution in [3.8, 4) is 0 Å². The van der Waals surface area contributed by atoms with E-state index in [1.54, 1.807) is 6.92 Å². The highest BCUT2D eigenvalue weighted by atomic mass is 16.6. The van der Waals surface area contributed by atoms with E-state index in [1.807, 2.05) is 13.8 Å². The third kappa shape index (κ3) is 3.34. The number of carbonyl (C=O) groups excluding carboxylic acids is 1. The number of rotatable bonds is 4. The van der Waals surface area contributed by atoms with Crippen molar-refractivity contribution in [2.45, 2.75) is 59.5 Å². The summed E-state index contributed by atoms with van der Waals surface area (Å²) in [5, 5.41) is 0. The minimum atomic E-state index is -0.374. The Bertz CT molecular complexity index is 302. The summed E-state index contributed by atoms with van der Waals surface area (Å²) in [6.07, 6.45) is 3.68. The minimum absolute atomic E-state index is 0.260. The molecule has 0 spiro atoms. The van der Waals surface area contributed by atoms with Gasteiger partial charge >= 0.3 is 5.97 Å². The Labute approximate surface area is 105 Å². The van der Waals surface area contributed by atoms with Crippen molar-refractivity contribution in [2.75, 3.05) is 0 Å². The molecule has 1 fully saturated rings. The van der Waals surface area contributed by atoms with Crippen LogP contribution >= 0.6 is 0 Å². The lowest BCUT2D eigenvalue weighted by molar-refractivity contribution is -0.158. The van der Waals surface area contributed by atoms with E-state index >= 15 is 0 Å². The van der Waals surface area contributed by atoms with Gasteiger partial charge in [-0.2, -0.15) is 0 Å². The van der Waals surface area contributed by atoms with Crippen LogP contribution in [0.25, 0.3) is 0 Å². The molecular formula is C15H26O2. The molecule has 2 nitrogen and oxygen atoms in total. The summed E-state index contributed by atoms with van der Waals surface area (Å²) in [4.78, 5) is 11.7. The van der Waals surface area contributed by atoms with Crippen LogP contribution in [0.4, 0.5) is 0 Å². The molecule has 2 unspecified atom stereocenters. The van der Waals surface area contributed by atoms with Crippen LogP contribution in [0.1, 0.15) is 53.9 Å². The number of hydrogen-bond acceptors (Lipinski definition) is 2. The van der Waals surface area contributed by atoms with Gasteiger partial charge in [-0.3, -0.25) is 0 Å². The van der Waals surface area contributed by atoms with Crippen LogP contribution in [0.5, 0.6) is 0 Å². The summed E-state index contributed by atoms with van der Waals surface area (Å²) in [6.45, 7) is 14.0. The Morgan fingerprint density at radius 3 is 2.41 bits per heavy atom. The molecule has 2 atom stereocenters. The largest absolute Gasteiger partial charge is 0.456 e. The predicted octanol–water partition coefficient (Wildman–Crippen LogP) is 3.96. The van der Waals surface area contributed by atoms with Gasteiger partial charge in [0.2, 0.25) is 0 Å². The number of hydrogen-bond donors (Lipinski definition) is 0. The molecule has 98 valence electrons. The van der Waals surface area contributed by atoms with Crippen molar-refractivity contribution in [3.05, 3.63) is 12.2 Å². The van der Waals surface area contributed by atoms with Crippen molar-refractivity contribution in [1.82, 2.24) is 0 Å². The van der Waals surface area contributed by atoms with Gasteiger partial charge in [-0.25, -0.2) is 4.79 Å². The fourth-order valence-electron chi connectivity index (χ4n) is 3.05. The van der Waals surface area contributed by atoms with E-state index in [-0.39, 0.29) is 11.6 Å². The normalized spacial score (nSPS) is 25.1. The maximum Gasteiger partial charge on any atom is 0.333 e. The van der Waals surface area contributed by atoms with Crippen molar-refractivity contribution < 1.29 is 9.53 Å². The summed E-state index contributed by atoms with van der Waals surface area (Å²) in [5.74, 6) is 1.54.